The second-order valence-corrected chi connectivity index (χ2v) is 3.55. The van der Waals surface area contributed by atoms with E-state index >= 15 is 0 Å². The number of ether oxygens (including phenoxy) is 1. The molecule has 0 unspecified atom stereocenters. The van der Waals surface area contributed by atoms with Crippen LogP contribution in [-0.4, -0.2) is 21.6 Å². The third kappa shape index (κ3) is 2.05. The van der Waals surface area contributed by atoms with Crippen LogP contribution in [-0.2, 0) is 6.42 Å². The number of nitrogens with zero attached hydrogens (tertiary/aromatic N) is 3. The summed E-state index contributed by atoms with van der Waals surface area (Å²) in [6.45, 7) is 2.14. The second-order valence-electron chi connectivity index (χ2n) is 3.55. The van der Waals surface area contributed by atoms with Gasteiger partial charge in [-0.1, -0.05) is 6.92 Å². The summed E-state index contributed by atoms with van der Waals surface area (Å²) in [5, 5.41) is 0. The summed E-state index contributed by atoms with van der Waals surface area (Å²) >= 11 is 0. The first-order valence-electron chi connectivity index (χ1n) is 5.36. The summed E-state index contributed by atoms with van der Waals surface area (Å²) < 4.78 is 7.20. The Bertz CT molecular complexity index is 465. The van der Waals surface area contributed by atoms with Crippen LogP contribution in [0.1, 0.15) is 19.2 Å². The Hall–Kier alpha value is -1.84. The molecule has 16 heavy (non-hydrogen) atoms. The van der Waals surface area contributed by atoms with Crippen LogP contribution in [0.5, 0.6) is 5.75 Å². The van der Waals surface area contributed by atoms with Gasteiger partial charge in [-0.25, -0.2) is 4.98 Å². The Morgan fingerprint density at radius 3 is 3.00 bits per heavy atom. The maximum Gasteiger partial charge on any atom is 0.139 e. The maximum absolute atomic E-state index is 5.16. The van der Waals surface area contributed by atoms with E-state index in [9.17, 15) is 0 Å². The van der Waals surface area contributed by atoms with Crippen LogP contribution >= 0.6 is 0 Å². The summed E-state index contributed by atoms with van der Waals surface area (Å²) in [4.78, 5) is 8.47. The lowest BCUT2D eigenvalue weighted by atomic mass is 10.3. The van der Waals surface area contributed by atoms with Crippen LogP contribution in [0.25, 0.3) is 5.69 Å². The average molecular weight is 217 g/mol. The summed E-state index contributed by atoms with van der Waals surface area (Å²) in [6, 6.07) is 1.95. The van der Waals surface area contributed by atoms with Crippen molar-refractivity contribution < 1.29 is 4.74 Å². The zero-order chi connectivity index (χ0) is 11.4. The van der Waals surface area contributed by atoms with Crippen LogP contribution in [0, 0.1) is 0 Å². The van der Waals surface area contributed by atoms with Crippen LogP contribution in [0.3, 0.4) is 0 Å². The molecular formula is C12H15N3O. The van der Waals surface area contributed by atoms with E-state index in [4.69, 9.17) is 4.74 Å². The Morgan fingerprint density at radius 1 is 1.38 bits per heavy atom. The van der Waals surface area contributed by atoms with Gasteiger partial charge >= 0.3 is 0 Å². The van der Waals surface area contributed by atoms with Crippen molar-refractivity contribution in [3.63, 3.8) is 0 Å². The van der Waals surface area contributed by atoms with Crippen molar-refractivity contribution in [3.8, 4) is 11.4 Å². The minimum Gasteiger partial charge on any atom is -0.495 e. The third-order valence-electron chi connectivity index (χ3n) is 2.40. The fourth-order valence-electron chi connectivity index (χ4n) is 1.63. The van der Waals surface area contributed by atoms with Gasteiger partial charge in [0.1, 0.15) is 11.6 Å². The highest BCUT2D eigenvalue weighted by molar-refractivity contribution is 5.36. The van der Waals surface area contributed by atoms with Crippen molar-refractivity contribution in [2.24, 2.45) is 0 Å². The van der Waals surface area contributed by atoms with E-state index in [0.29, 0.717) is 0 Å². The topological polar surface area (TPSA) is 39.9 Å². The van der Waals surface area contributed by atoms with Gasteiger partial charge in [0, 0.05) is 24.9 Å². The highest BCUT2D eigenvalue weighted by atomic mass is 16.5. The van der Waals surface area contributed by atoms with Gasteiger partial charge in [0.25, 0.3) is 0 Å². The van der Waals surface area contributed by atoms with Gasteiger partial charge in [0.15, 0.2) is 0 Å². The lowest BCUT2D eigenvalue weighted by Crippen LogP contribution is -2.01. The van der Waals surface area contributed by atoms with E-state index in [-0.39, 0.29) is 0 Å². The Kier molecular flexibility index (Phi) is 3.19. The number of aromatic nitrogens is 3. The molecule has 0 amide bonds. The largest absolute Gasteiger partial charge is 0.495 e. The fraction of sp³-hybridized carbons (Fsp3) is 0.333. The molecule has 0 saturated heterocycles. The predicted octanol–water partition coefficient (Wildman–Crippen LogP) is 2.23. The molecular weight excluding hydrogens is 202 g/mol. The Morgan fingerprint density at radius 2 is 2.25 bits per heavy atom. The second kappa shape index (κ2) is 4.79. The highest BCUT2D eigenvalue weighted by Gasteiger charge is 2.05. The number of imidazole rings is 1. The molecule has 0 spiro atoms. The van der Waals surface area contributed by atoms with E-state index < -0.39 is 0 Å². The maximum atomic E-state index is 5.16. The first-order chi connectivity index (χ1) is 7.85. The van der Waals surface area contributed by atoms with Crippen molar-refractivity contribution in [2.45, 2.75) is 19.8 Å². The van der Waals surface area contributed by atoms with Crippen molar-refractivity contribution in [1.29, 1.82) is 0 Å². The van der Waals surface area contributed by atoms with Crippen molar-refractivity contribution in [2.75, 3.05) is 7.11 Å². The molecule has 84 valence electrons. The van der Waals surface area contributed by atoms with Gasteiger partial charge in [0.2, 0.25) is 0 Å². The lowest BCUT2D eigenvalue weighted by molar-refractivity contribution is 0.412. The van der Waals surface area contributed by atoms with Crippen LogP contribution < -0.4 is 4.74 Å². The van der Waals surface area contributed by atoms with Crippen molar-refractivity contribution in [1.82, 2.24) is 14.5 Å². The van der Waals surface area contributed by atoms with Crippen molar-refractivity contribution >= 4 is 0 Å². The van der Waals surface area contributed by atoms with Gasteiger partial charge in [-0.15, -0.1) is 0 Å². The first kappa shape index (κ1) is 10.7. The average Bonchev–Trinajstić information content (AvgIpc) is 2.78. The molecule has 2 aromatic rings. The number of aryl methyl sites for hydroxylation is 1. The SMILES string of the molecule is CCCc1nccn1-c1cncc(OC)c1. The molecule has 0 aliphatic heterocycles. The normalized spacial score (nSPS) is 10.4. The molecule has 0 atom stereocenters. The smallest absolute Gasteiger partial charge is 0.139 e. The lowest BCUT2D eigenvalue weighted by Gasteiger charge is -2.07. The van der Waals surface area contributed by atoms with Crippen LogP contribution in [0.2, 0.25) is 0 Å². The predicted molar refractivity (Wildman–Crippen MR) is 61.9 cm³/mol. The Labute approximate surface area is 94.9 Å². The van der Waals surface area contributed by atoms with Gasteiger partial charge in [-0.3, -0.25) is 4.98 Å². The number of hydrogen-bond donors (Lipinski definition) is 0. The third-order valence-corrected chi connectivity index (χ3v) is 2.40. The van der Waals surface area contributed by atoms with E-state index in [1.165, 1.54) is 0 Å². The van der Waals surface area contributed by atoms with Gasteiger partial charge in [0.05, 0.1) is 25.2 Å². The molecule has 0 fully saturated rings. The summed E-state index contributed by atoms with van der Waals surface area (Å²) in [7, 11) is 1.64. The molecule has 0 saturated carbocycles. The minimum atomic E-state index is 0.758. The molecule has 4 heteroatoms. The quantitative estimate of drug-likeness (QED) is 0.788. The molecule has 0 N–H and O–H groups in total. The van der Waals surface area contributed by atoms with Gasteiger partial charge in [-0.2, -0.15) is 0 Å². The van der Waals surface area contributed by atoms with E-state index in [0.717, 1.165) is 30.1 Å². The van der Waals surface area contributed by atoms with Crippen LogP contribution in [0.15, 0.2) is 30.9 Å². The van der Waals surface area contributed by atoms with E-state index in [2.05, 4.69) is 16.9 Å². The molecule has 0 bridgehead atoms. The van der Waals surface area contributed by atoms with Gasteiger partial charge in [-0.05, 0) is 6.42 Å². The van der Waals surface area contributed by atoms with Crippen molar-refractivity contribution in [3.05, 3.63) is 36.7 Å². The van der Waals surface area contributed by atoms with Crippen LogP contribution in [0.4, 0.5) is 0 Å². The van der Waals surface area contributed by atoms with E-state index in [1.807, 2.05) is 29.2 Å². The summed E-state index contributed by atoms with van der Waals surface area (Å²) in [5.41, 5.74) is 0.986. The fourth-order valence-corrected chi connectivity index (χ4v) is 1.63. The molecule has 0 aliphatic carbocycles. The zero-order valence-corrected chi connectivity index (χ0v) is 9.55. The minimum absolute atomic E-state index is 0.758. The molecule has 0 aromatic carbocycles. The molecule has 0 aliphatic rings. The highest BCUT2D eigenvalue weighted by Crippen LogP contribution is 2.16. The van der Waals surface area contributed by atoms with E-state index in [1.54, 1.807) is 13.3 Å². The Balaban J connectivity index is 2.37. The van der Waals surface area contributed by atoms with Gasteiger partial charge < -0.3 is 9.30 Å². The summed E-state index contributed by atoms with van der Waals surface area (Å²) in [5.74, 6) is 1.81. The molecule has 2 aromatic heterocycles. The first-order valence-corrected chi connectivity index (χ1v) is 5.36. The summed E-state index contributed by atoms with van der Waals surface area (Å²) in [6.07, 6.45) is 9.30. The number of hydrogen-bond acceptors (Lipinski definition) is 3. The molecule has 4 nitrogen and oxygen atoms in total. The monoisotopic (exact) mass is 217 g/mol. The zero-order valence-electron chi connectivity index (χ0n) is 9.55. The molecule has 0 radical (unpaired) electrons. The standard InChI is InChI=1S/C12H15N3O/c1-3-4-12-14-5-6-15(12)10-7-11(16-2)9-13-8-10/h5-9H,3-4H2,1-2H3. The number of rotatable bonds is 4. The number of pyridine rings is 1. The molecule has 2 heterocycles. The number of methoxy groups -OCH3 is 1. The molecule has 2 rings (SSSR count).